The third kappa shape index (κ3) is 4.98. The van der Waals surface area contributed by atoms with E-state index in [1.54, 1.807) is 12.1 Å². The number of halogens is 3. The number of nitrogens with one attached hydrogen (secondary N) is 1. The number of hydrogen-bond donors (Lipinski definition) is 1. The van der Waals surface area contributed by atoms with Gasteiger partial charge in [-0.25, -0.2) is 0 Å². The molecule has 0 fully saturated rings. The van der Waals surface area contributed by atoms with E-state index >= 15 is 0 Å². The van der Waals surface area contributed by atoms with Crippen LogP contribution in [0.1, 0.15) is 27.0 Å². The summed E-state index contributed by atoms with van der Waals surface area (Å²) in [5, 5.41) is 12.0. The lowest BCUT2D eigenvalue weighted by atomic mass is 10.1. The highest BCUT2D eigenvalue weighted by Gasteiger charge is 2.30. The molecule has 0 heterocycles. The molecular weight excluding hydrogens is 397 g/mol. The van der Waals surface area contributed by atoms with Crippen LogP contribution in [0.15, 0.2) is 76.5 Å². The van der Waals surface area contributed by atoms with Crippen LogP contribution in [-0.4, -0.2) is 5.91 Å². The zero-order chi connectivity index (χ0) is 21.0. The van der Waals surface area contributed by atoms with Crippen LogP contribution in [0.3, 0.4) is 0 Å². The van der Waals surface area contributed by atoms with Crippen molar-refractivity contribution >= 4 is 23.4 Å². The van der Waals surface area contributed by atoms with Crippen molar-refractivity contribution in [1.29, 1.82) is 5.26 Å². The van der Waals surface area contributed by atoms with E-state index in [0.717, 1.165) is 27.5 Å². The maximum atomic E-state index is 12.8. The molecule has 0 saturated heterocycles. The highest BCUT2D eigenvalue weighted by Crippen LogP contribution is 2.34. The first-order valence-corrected chi connectivity index (χ1v) is 9.36. The molecule has 0 aliphatic rings. The lowest BCUT2D eigenvalue weighted by molar-refractivity contribution is -0.137. The highest BCUT2D eigenvalue weighted by molar-refractivity contribution is 7.99. The summed E-state index contributed by atoms with van der Waals surface area (Å²) in [6.45, 7) is 1.97. The normalized spacial score (nSPS) is 11.0. The van der Waals surface area contributed by atoms with E-state index in [-0.39, 0.29) is 5.56 Å². The second kappa shape index (κ2) is 8.41. The van der Waals surface area contributed by atoms with Gasteiger partial charge in [-0.3, -0.25) is 4.79 Å². The molecule has 0 bridgehead atoms. The molecular formula is C22H15F3N2OS. The summed E-state index contributed by atoms with van der Waals surface area (Å²) in [7, 11) is 0. The average Bonchev–Trinajstić information content (AvgIpc) is 2.70. The molecule has 0 atom stereocenters. The number of carbonyl (C=O) groups is 1. The molecule has 0 aliphatic carbocycles. The lowest BCUT2D eigenvalue weighted by Gasteiger charge is -2.11. The molecule has 0 saturated carbocycles. The fourth-order valence-corrected chi connectivity index (χ4v) is 3.58. The van der Waals surface area contributed by atoms with Crippen LogP contribution < -0.4 is 5.32 Å². The van der Waals surface area contributed by atoms with Crippen LogP contribution in [-0.2, 0) is 6.18 Å². The quantitative estimate of drug-likeness (QED) is 0.548. The maximum Gasteiger partial charge on any atom is 0.416 e. The number of amides is 1. The summed E-state index contributed by atoms with van der Waals surface area (Å²) in [5.41, 5.74) is 0.756. The van der Waals surface area contributed by atoms with Gasteiger partial charge in [-0.2, -0.15) is 18.4 Å². The Morgan fingerprint density at radius 1 is 1.00 bits per heavy atom. The molecule has 1 N–H and O–H groups in total. The third-order valence-electron chi connectivity index (χ3n) is 4.12. The van der Waals surface area contributed by atoms with Crippen molar-refractivity contribution in [3.63, 3.8) is 0 Å². The van der Waals surface area contributed by atoms with Gasteiger partial charge in [0.2, 0.25) is 0 Å². The van der Waals surface area contributed by atoms with Gasteiger partial charge in [-0.15, -0.1) is 0 Å². The van der Waals surface area contributed by atoms with E-state index in [4.69, 9.17) is 0 Å². The summed E-state index contributed by atoms with van der Waals surface area (Å²) in [6.07, 6.45) is -4.53. The van der Waals surface area contributed by atoms with E-state index in [2.05, 4.69) is 11.4 Å². The summed E-state index contributed by atoms with van der Waals surface area (Å²) >= 11 is 1.43. The van der Waals surface area contributed by atoms with Crippen LogP contribution in [0.4, 0.5) is 18.9 Å². The molecule has 0 spiro atoms. The molecule has 0 radical (unpaired) electrons. The maximum absolute atomic E-state index is 12.8. The first-order chi connectivity index (χ1) is 13.8. The van der Waals surface area contributed by atoms with Crippen molar-refractivity contribution in [2.24, 2.45) is 0 Å². The molecule has 0 unspecified atom stereocenters. The summed E-state index contributed by atoms with van der Waals surface area (Å²) in [4.78, 5) is 14.1. The first kappa shape index (κ1) is 20.5. The molecule has 3 aromatic carbocycles. The predicted octanol–water partition coefficient (Wildman–Crippen LogP) is 6.29. The van der Waals surface area contributed by atoms with Gasteiger partial charge in [0.1, 0.15) is 6.07 Å². The van der Waals surface area contributed by atoms with Gasteiger partial charge in [0.25, 0.3) is 5.91 Å². The van der Waals surface area contributed by atoms with Crippen molar-refractivity contribution in [3.8, 4) is 6.07 Å². The molecule has 0 aliphatic heterocycles. The van der Waals surface area contributed by atoms with Gasteiger partial charge in [-0.05, 0) is 55.0 Å². The highest BCUT2D eigenvalue weighted by atomic mass is 32.2. The number of alkyl halides is 3. The van der Waals surface area contributed by atoms with E-state index in [1.807, 2.05) is 31.2 Å². The second-order valence-corrected chi connectivity index (χ2v) is 7.31. The Balaban J connectivity index is 1.81. The average molecular weight is 412 g/mol. The Morgan fingerprint density at radius 2 is 1.76 bits per heavy atom. The third-order valence-corrected chi connectivity index (χ3v) is 5.38. The fourth-order valence-electron chi connectivity index (χ4n) is 2.61. The van der Waals surface area contributed by atoms with Crippen LogP contribution in [0.2, 0.25) is 0 Å². The van der Waals surface area contributed by atoms with Gasteiger partial charge in [0, 0.05) is 21.0 Å². The topological polar surface area (TPSA) is 52.9 Å². The van der Waals surface area contributed by atoms with Crippen LogP contribution in [0.5, 0.6) is 0 Å². The van der Waals surface area contributed by atoms with E-state index < -0.39 is 17.6 Å². The van der Waals surface area contributed by atoms with Crippen molar-refractivity contribution in [3.05, 3.63) is 89.0 Å². The Bertz CT molecular complexity index is 1100. The van der Waals surface area contributed by atoms with Crippen LogP contribution in [0, 0.1) is 18.3 Å². The standard InChI is InChI=1S/C22H15F3N2OS/c1-14-5-2-3-8-19(14)29-20-10-9-18(12-16(20)13-26)27-21(28)15-6-4-7-17(11-15)22(23,24)25/h2-12H,1H3,(H,27,28). The Labute approximate surface area is 170 Å². The second-order valence-electron chi connectivity index (χ2n) is 6.22. The zero-order valence-corrected chi connectivity index (χ0v) is 16.1. The zero-order valence-electron chi connectivity index (χ0n) is 15.2. The van der Waals surface area contributed by atoms with Gasteiger partial charge in [-0.1, -0.05) is 36.0 Å². The minimum Gasteiger partial charge on any atom is -0.322 e. The first-order valence-electron chi connectivity index (χ1n) is 8.54. The predicted molar refractivity (Wildman–Crippen MR) is 106 cm³/mol. The SMILES string of the molecule is Cc1ccccc1Sc1ccc(NC(=O)c2cccc(C(F)(F)F)c2)cc1C#N. The minimum absolute atomic E-state index is 0.114. The number of carbonyl (C=O) groups excluding carboxylic acids is 1. The number of nitriles is 1. The number of aryl methyl sites for hydroxylation is 1. The van der Waals surface area contributed by atoms with Gasteiger partial charge in [0.05, 0.1) is 11.1 Å². The number of hydrogen-bond acceptors (Lipinski definition) is 3. The number of rotatable bonds is 4. The van der Waals surface area contributed by atoms with Crippen LogP contribution in [0.25, 0.3) is 0 Å². The lowest BCUT2D eigenvalue weighted by Crippen LogP contribution is -2.14. The summed E-state index contributed by atoms with van der Waals surface area (Å²) in [5.74, 6) is -0.681. The minimum atomic E-state index is -4.53. The Kier molecular flexibility index (Phi) is 5.95. The number of benzene rings is 3. The molecule has 3 nitrogen and oxygen atoms in total. The van der Waals surface area contributed by atoms with Crippen LogP contribution >= 0.6 is 11.8 Å². The van der Waals surface area contributed by atoms with Crippen molar-refractivity contribution in [2.45, 2.75) is 22.9 Å². The summed E-state index contributed by atoms with van der Waals surface area (Å²) in [6, 6.07) is 18.9. The Hall–Kier alpha value is -3.24. The van der Waals surface area contributed by atoms with E-state index in [1.165, 1.54) is 30.0 Å². The van der Waals surface area contributed by atoms with Gasteiger partial charge in [0.15, 0.2) is 0 Å². The van der Waals surface area contributed by atoms with Crippen molar-refractivity contribution in [2.75, 3.05) is 5.32 Å². The molecule has 3 aromatic rings. The summed E-state index contributed by atoms with van der Waals surface area (Å²) < 4.78 is 38.5. The van der Waals surface area contributed by atoms with Gasteiger partial charge < -0.3 is 5.32 Å². The molecule has 0 aromatic heterocycles. The largest absolute Gasteiger partial charge is 0.416 e. The van der Waals surface area contributed by atoms with Gasteiger partial charge >= 0.3 is 6.18 Å². The van der Waals surface area contributed by atoms with Crippen molar-refractivity contribution < 1.29 is 18.0 Å². The fraction of sp³-hybridized carbons (Fsp3) is 0.0909. The number of anilines is 1. The molecule has 29 heavy (non-hydrogen) atoms. The smallest absolute Gasteiger partial charge is 0.322 e. The van der Waals surface area contributed by atoms with E-state index in [9.17, 15) is 23.2 Å². The number of nitrogens with zero attached hydrogens (tertiary/aromatic N) is 1. The van der Waals surface area contributed by atoms with E-state index in [0.29, 0.717) is 11.3 Å². The monoisotopic (exact) mass is 412 g/mol. The molecule has 7 heteroatoms. The molecule has 1 amide bonds. The Morgan fingerprint density at radius 3 is 2.45 bits per heavy atom. The molecule has 146 valence electrons. The molecule has 3 rings (SSSR count). The van der Waals surface area contributed by atoms with Crippen molar-refractivity contribution in [1.82, 2.24) is 0 Å².